The van der Waals surface area contributed by atoms with Gasteiger partial charge in [-0.25, -0.2) is 0 Å². The molecule has 1 atom stereocenters. The first kappa shape index (κ1) is 15.7. The van der Waals surface area contributed by atoms with Gasteiger partial charge in [-0.3, -0.25) is 9.20 Å². The van der Waals surface area contributed by atoms with E-state index < -0.39 is 0 Å². The van der Waals surface area contributed by atoms with Crippen LogP contribution in [-0.4, -0.2) is 33.6 Å². The van der Waals surface area contributed by atoms with Gasteiger partial charge < -0.3 is 14.6 Å². The number of rotatable bonds is 4. The quantitative estimate of drug-likeness (QED) is 0.788. The number of hydrogen-bond acceptors (Lipinski definition) is 5. The Morgan fingerprint density at radius 2 is 2.24 bits per heavy atom. The Morgan fingerprint density at radius 3 is 3.08 bits per heavy atom. The van der Waals surface area contributed by atoms with E-state index in [9.17, 15) is 4.79 Å². The first-order valence-electron chi connectivity index (χ1n) is 8.58. The molecule has 7 nitrogen and oxygen atoms in total. The molecule has 3 aromatic rings. The minimum absolute atomic E-state index is 0.0547. The smallest absolute Gasteiger partial charge is 0.231 e. The maximum atomic E-state index is 12.5. The Morgan fingerprint density at radius 1 is 1.32 bits per heavy atom. The molecule has 1 saturated heterocycles. The van der Waals surface area contributed by atoms with Crippen molar-refractivity contribution in [3.05, 3.63) is 48.0 Å². The number of anilines is 1. The van der Waals surface area contributed by atoms with Crippen molar-refractivity contribution in [2.45, 2.75) is 26.3 Å². The van der Waals surface area contributed by atoms with E-state index in [0.29, 0.717) is 13.1 Å². The number of piperidine rings is 1. The van der Waals surface area contributed by atoms with Gasteiger partial charge in [0.15, 0.2) is 5.65 Å². The highest BCUT2D eigenvalue weighted by Crippen LogP contribution is 2.22. The predicted molar refractivity (Wildman–Crippen MR) is 93.2 cm³/mol. The summed E-state index contributed by atoms with van der Waals surface area (Å²) in [7, 11) is 0. The van der Waals surface area contributed by atoms with Crippen LogP contribution in [0, 0.1) is 12.8 Å². The van der Waals surface area contributed by atoms with Crippen molar-refractivity contribution >= 4 is 17.5 Å². The van der Waals surface area contributed by atoms with E-state index in [1.54, 1.807) is 0 Å². The Balaban J connectivity index is 1.42. The van der Waals surface area contributed by atoms with E-state index in [4.69, 9.17) is 4.42 Å². The number of amides is 1. The molecule has 130 valence electrons. The summed E-state index contributed by atoms with van der Waals surface area (Å²) in [6, 6.07) is 9.62. The number of hydrogen-bond donors (Lipinski definition) is 1. The fourth-order valence-electron chi connectivity index (χ4n) is 3.32. The van der Waals surface area contributed by atoms with Crippen molar-refractivity contribution in [1.82, 2.24) is 19.9 Å². The van der Waals surface area contributed by atoms with Gasteiger partial charge in [0, 0.05) is 19.3 Å². The Labute approximate surface area is 145 Å². The molecule has 4 rings (SSSR count). The van der Waals surface area contributed by atoms with Gasteiger partial charge in [-0.15, -0.1) is 10.2 Å². The summed E-state index contributed by atoms with van der Waals surface area (Å²) < 4.78 is 7.47. The lowest BCUT2D eigenvalue weighted by Crippen LogP contribution is -2.43. The molecule has 0 saturated carbocycles. The molecule has 0 radical (unpaired) electrons. The van der Waals surface area contributed by atoms with Gasteiger partial charge in [0.1, 0.15) is 11.5 Å². The van der Waals surface area contributed by atoms with E-state index in [2.05, 4.69) is 20.4 Å². The lowest BCUT2D eigenvalue weighted by atomic mass is 9.97. The lowest BCUT2D eigenvalue weighted by molar-refractivity contribution is -0.125. The molecule has 1 fully saturated rings. The standard InChI is InChI=1S/C18H21N5O2/c1-13-7-8-15(25-13)11-19-17(24)14-5-4-9-22(12-14)18-21-20-16-6-2-3-10-23(16)18/h2-3,6-8,10,14H,4-5,9,11-12H2,1H3,(H,19,24). The van der Waals surface area contributed by atoms with Crippen molar-refractivity contribution in [2.24, 2.45) is 5.92 Å². The van der Waals surface area contributed by atoms with Crippen LogP contribution in [0.4, 0.5) is 5.95 Å². The molecule has 0 bridgehead atoms. The number of aryl methyl sites for hydroxylation is 1. The summed E-state index contributed by atoms with van der Waals surface area (Å²) in [5.74, 6) is 2.44. The highest BCUT2D eigenvalue weighted by molar-refractivity contribution is 5.79. The van der Waals surface area contributed by atoms with Crippen molar-refractivity contribution in [1.29, 1.82) is 0 Å². The van der Waals surface area contributed by atoms with Crippen molar-refractivity contribution in [3.8, 4) is 0 Å². The van der Waals surface area contributed by atoms with Gasteiger partial charge in [0.25, 0.3) is 0 Å². The molecule has 4 heterocycles. The first-order valence-corrected chi connectivity index (χ1v) is 8.58. The number of carbonyl (C=O) groups is 1. The van der Waals surface area contributed by atoms with Crippen LogP contribution in [-0.2, 0) is 11.3 Å². The molecular weight excluding hydrogens is 318 g/mol. The molecule has 1 aliphatic heterocycles. The van der Waals surface area contributed by atoms with Crippen LogP contribution >= 0.6 is 0 Å². The lowest BCUT2D eigenvalue weighted by Gasteiger charge is -2.31. The average Bonchev–Trinajstić information content (AvgIpc) is 3.26. The van der Waals surface area contributed by atoms with Crippen LogP contribution < -0.4 is 10.2 Å². The maximum Gasteiger partial charge on any atom is 0.231 e. The summed E-state index contributed by atoms with van der Waals surface area (Å²) in [6.07, 6.45) is 3.80. The van der Waals surface area contributed by atoms with Gasteiger partial charge in [0.05, 0.1) is 12.5 Å². The largest absolute Gasteiger partial charge is 0.465 e. The molecule has 1 N–H and O–H groups in total. The zero-order valence-electron chi connectivity index (χ0n) is 14.2. The first-order chi connectivity index (χ1) is 12.2. The zero-order chi connectivity index (χ0) is 17.2. The number of nitrogens with zero attached hydrogens (tertiary/aromatic N) is 4. The topological polar surface area (TPSA) is 75.7 Å². The normalized spacial score (nSPS) is 17.8. The van der Waals surface area contributed by atoms with Crippen LogP contribution in [0.25, 0.3) is 5.65 Å². The van der Waals surface area contributed by atoms with Crippen molar-refractivity contribution < 1.29 is 9.21 Å². The third-order valence-corrected chi connectivity index (χ3v) is 4.60. The van der Waals surface area contributed by atoms with Crippen LogP contribution in [0.3, 0.4) is 0 Å². The Hall–Kier alpha value is -2.83. The minimum atomic E-state index is -0.0547. The third kappa shape index (κ3) is 3.22. The second kappa shape index (κ2) is 6.58. The van der Waals surface area contributed by atoms with Gasteiger partial charge in [-0.05, 0) is 44.0 Å². The van der Waals surface area contributed by atoms with Crippen molar-refractivity contribution in [2.75, 3.05) is 18.0 Å². The Kier molecular flexibility index (Phi) is 4.13. The Bertz CT molecular complexity index is 884. The number of pyridine rings is 1. The van der Waals surface area contributed by atoms with Gasteiger partial charge in [-0.1, -0.05) is 6.07 Å². The zero-order valence-corrected chi connectivity index (χ0v) is 14.2. The van der Waals surface area contributed by atoms with Gasteiger partial charge in [-0.2, -0.15) is 0 Å². The monoisotopic (exact) mass is 339 g/mol. The molecule has 0 spiro atoms. The number of furan rings is 1. The minimum Gasteiger partial charge on any atom is -0.465 e. The van der Waals surface area contributed by atoms with Gasteiger partial charge >= 0.3 is 0 Å². The molecule has 25 heavy (non-hydrogen) atoms. The molecule has 0 aliphatic carbocycles. The van der Waals surface area contributed by atoms with Crippen LogP contribution in [0.15, 0.2) is 40.9 Å². The summed E-state index contributed by atoms with van der Waals surface area (Å²) >= 11 is 0. The second-order valence-corrected chi connectivity index (χ2v) is 6.44. The molecule has 3 aromatic heterocycles. The van der Waals surface area contributed by atoms with Gasteiger partial charge in [0.2, 0.25) is 11.9 Å². The summed E-state index contributed by atoms with van der Waals surface area (Å²) in [5, 5.41) is 11.5. The average molecular weight is 339 g/mol. The van der Waals surface area contributed by atoms with E-state index in [1.807, 2.05) is 47.9 Å². The molecule has 1 amide bonds. The van der Waals surface area contributed by atoms with E-state index in [0.717, 1.165) is 42.5 Å². The highest BCUT2D eigenvalue weighted by atomic mass is 16.3. The molecule has 0 aromatic carbocycles. The summed E-state index contributed by atoms with van der Waals surface area (Å²) in [6.45, 7) is 3.86. The molecule has 1 aliphatic rings. The van der Waals surface area contributed by atoms with Crippen molar-refractivity contribution in [3.63, 3.8) is 0 Å². The fraction of sp³-hybridized carbons (Fsp3) is 0.389. The highest BCUT2D eigenvalue weighted by Gasteiger charge is 2.28. The third-order valence-electron chi connectivity index (χ3n) is 4.60. The summed E-state index contributed by atoms with van der Waals surface area (Å²) in [5.41, 5.74) is 0.817. The number of carbonyl (C=O) groups excluding carboxylic acids is 1. The van der Waals surface area contributed by atoms with E-state index in [-0.39, 0.29) is 11.8 Å². The number of fused-ring (bicyclic) bond motifs is 1. The SMILES string of the molecule is Cc1ccc(CNC(=O)C2CCCN(c3nnc4ccccn34)C2)o1. The predicted octanol–water partition coefficient (Wildman–Crippen LogP) is 2.16. The van der Waals surface area contributed by atoms with Crippen LogP contribution in [0.2, 0.25) is 0 Å². The molecule has 7 heteroatoms. The maximum absolute atomic E-state index is 12.5. The fourth-order valence-corrected chi connectivity index (χ4v) is 3.32. The number of aromatic nitrogens is 3. The summed E-state index contributed by atoms with van der Waals surface area (Å²) in [4.78, 5) is 14.7. The van der Waals surface area contributed by atoms with E-state index in [1.165, 1.54) is 0 Å². The van der Waals surface area contributed by atoms with E-state index >= 15 is 0 Å². The second-order valence-electron chi connectivity index (χ2n) is 6.44. The molecule has 1 unspecified atom stereocenters. The number of nitrogens with one attached hydrogen (secondary N) is 1. The van der Waals surface area contributed by atoms with Crippen LogP contribution in [0.1, 0.15) is 24.4 Å². The molecular formula is C18H21N5O2. The van der Waals surface area contributed by atoms with Crippen LogP contribution in [0.5, 0.6) is 0 Å².